The molecule has 0 aliphatic carbocycles. The number of amides is 2. The van der Waals surface area contributed by atoms with E-state index in [-0.39, 0.29) is 23.7 Å². The summed E-state index contributed by atoms with van der Waals surface area (Å²) in [6.07, 6.45) is 4.04. The summed E-state index contributed by atoms with van der Waals surface area (Å²) in [5.41, 5.74) is 1.22. The second-order valence-corrected chi connectivity index (χ2v) is 7.14. The van der Waals surface area contributed by atoms with E-state index in [9.17, 15) is 9.59 Å². The first-order chi connectivity index (χ1) is 15.1. The molecule has 1 aromatic carbocycles. The molecule has 4 rings (SSSR count). The molecule has 10 heteroatoms. The molecule has 0 radical (unpaired) electrons. The first kappa shape index (κ1) is 20.5. The number of piperidine rings is 1. The fourth-order valence-corrected chi connectivity index (χ4v) is 3.56. The smallest absolute Gasteiger partial charge is 0.257 e. The van der Waals surface area contributed by atoms with E-state index in [1.54, 1.807) is 43.4 Å². The number of aromatic amines is 1. The second kappa shape index (κ2) is 8.90. The van der Waals surface area contributed by atoms with Gasteiger partial charge in [-0.1, -0.05) is 0 Å². The van der Waals surface area contributed by atoms with E-state index in [0.717, 1.165) is 0 Å². The molecule has 1 aliphatic rings. The van der Waals surface area contributed by atoms with Crippen LogP contribution in [-0.4, -0.2) is 59.2 Å². The number of likely N-dealkylation sites (tertiary alicyclic amines) is 1. The van der Waals surface area contributed by atoms with Gasteiger partial charge in [-0.3, -0.25) is 20.0 Å². The molecule has 1 fully saturated rings. The van der Waals surface area contributed by atoms with Crippen LogP contribution in [0.5, 0.6) is 11.5 Å². The number of nitrogens with zero attached hydrogens (tertiary/aromatic N) is 3. The summed E-state index contributed by atoms with van der Waals surface area (Å²) in [5, 5.41) is 9.67. The monoisotopic (exact) mass is 425 g/mol. The summed E-state index contributed by atoms with van der Waals surface area (Å²) in [6.45, 7) is 1.01. The minimum Gasteiger partial charge on any atom is -0.497 e. The highest BCUT2D eigenvalue weighted by Gasteiger charge is 2.28. The molecule has 0 unspecified atom stereocenters. The molecule has 0 bridgehead atoms. The summed E-state index contributed by atoms with van der Waals surface area (Å²) in [6, 6.07) is 6.97. The second-order valence-electron chi connectivity index (χ2n) is 7.14. The summed E-state index contributed by atoms with van der Waals surface area (Å²) in [5.74, 6) is 1.42. The zero-order valence-corrected chi connectivity index (χ0v) is 17.3. The van der Waals surface area contributed by atoms with Gasteiger partial charge in [0, 0.05) is 25.1 Å². The van der Waals surface area contributed by atoms with Crippen LogP contribution >= 0.6 is 0 Å². The van der Waals surface area contributed by atoms with Gasteiger partial charge in [0.15, 0.2) is 5.82 Å². The minimum absolute atomic E-state index is 0.0837. The minimum atomic E-state index is -0.217. The van der Waals surface area contributed by atoms with Crippen molar-refractivity contribution in [2.75, 3.05) is 32.6 Å². The van der Waals surface area contributed by atoms with Crippen molar-refractivity contribution in [3.63, 3.8) is 0 Å². The van der Waals surface area contributed by atoms with Gasteiger partial charge in [0.2, 0.25) is 11.9 Å². The van der Waals surface area contributed by atoms with E-state index in [1.807, 2.05) is 0 Å². The molecule has 1 saturated heterocycles. The van der Waals surface area contributed by atoms with Gasteiger partial charge in [-0.05, 0) is 31.0 Å². The number of rotatable bonds is 6. The average molecular weight is 425 g/mol. The fraction of sp³-hybridized carbons (Fsp3) is 0.333. The van der Waals surface area contributed by atoms with Crippen molar-refractivity contribution < 1.29 is 23.5 Å². The number of hydrogen-bond acceptors (Lipinski definition) is 7. The zero-order valence-electron chi connectivity index (χ0n) is 17.3. The van der Waals surface area contributed by atoms with E-state index in [4.69, 9.17) is 13.9 Å². The van der Waals surface area contributed by atoms with Crippen LogP contribution in [-0.2, 0) is 4.79 Å². The van der Waals surface area contributed by atoms with E-state index in [1.165, 1.54) is 12.5 Å². The van der Waals surface area contributed by atoms with Crippen molar-refractivity contribution in [3.8, 4) is 22.9 Å². The molecule has 162 valence electrons. The largest absolute Gasteiger partial charge is 0.497 e. The highest BCUT2D eigenvalue weighted by molar-refractivity contribution is 5.94. The standard InChI is InChI=1S/C21H23N5O5/c1-29-15-3-4-16(17(11-15)30-2)18-22-21(25-24-18)23-19(27)13-5-8-26(9-6-13)20(28)14-7-10-31-12-14/h3-4,7,10-13H,5-6,8-9H2,1-2H3,(H2,22,23,24,25,27). The average Bonchev–Trinajstić information content (AvgIpc) is 3.51. The number of ether oxygens (including phenoxy) is 2. The van der Waals surface area contributed by atoms with Crippen LogP contribution in [0.4, 0.5) is 5.95 Å². The Morgan fingerprint density at radius 2 is 2.00 bits per heavy atom. The lowest BCUT2D eigenvalue weighted by Gasteiger charge is -2.30. The van der Waals surface area contributed by atoms with Crippen LogP contribution in [0.3, 0.4) is 0 Å². The van der Waals surface area contributed by atoms with E-state index in [2.05, 4.69) is 20.5 Å². The number of hydrogen-bond donors (Lipinski definition) is 2. The Labute approximate surface area is 178 Å². The van der Waals surface area contributed by atoms with Gasteiger partial charge in [0.1, 0.15) is 17.8 Å². The Morgan fingerprint density at radius 1 is 1.19 bits per heavy atom. The third-order valence-corrected chi connectivity index (χ3v) is 5.31. The van der Waals surface area contributed by atoms with Gasteiger partial charge in [-0.25, -0.2) is 0 Å². The SMILES string of the molecule is COc1ccc(-c2nc(NC(=O)C3CCN(C(=O)c4ccoc4)CC3)n[nH]2)c(OC)c1. The first-order valence-electron chi connectivity index (χ1n) is 9.86. The molecular weight excluding hydrogens is 402 g/mol. The number of benzene rings is 1. The molecule has 3 aromatic rings. The molecule has 31 heavy (non-hydrogen) atoms. The normalized spacial score (nSPS) is 14.3. The maximum atomic E-state index is 12.7. The molecule has 10 nitrogen and oxygen atoms in total. The summed E-state index contributed by atoms with van der Waals surface area (Å²) in [4.78, 5) is 31.1. The molecule has 1 aliphatic heterocycles. The molecule has 2 N–H and O–H groups in total. The van der Waals surface area contributed by atoms with Crippen molar-refractivity contribution >= 4 is 17.8 Å². The van der Waals surface area contributed by atoms with Gasteiger partial charge in [0.05, 0.1) is 31.6 Å². The van der Waals surface area contributed by atoms with Crippen LogP contribution in [0.15, 0.2) is 41.2 Å². The lowest BCUT2D eigenvalue weighted by molar-refractivity contribution is -0.121. The van der Waals surface area contributed by atoms with Crippen LogP contribution < -0.4 is 14.8 Å². The van der Waals surface area contributed by atoms with E-state index >= 15 is 0 Å². The Morgan fingerprint density at radius 3 is 2.68 bits per heavy atom. The summed E-state index contributed by atoms with van der Waals surface area (Å²) >= 11 is 0. The Kier molecular flexibility index (Phi) is 5.87. The number of furan rings is 1. The molecule has 2 amide bonds. The van der Waals surface area contributed by atoms with Crippen LogP contribution in [0, 0.1) is 5.92 Å². The van der Waals surface area contributed by atoms with Crippen molar-refractivity contribution in [2.24, 2.45) is 5.92 Å². The van der Waals surface area contributed by atoms with Crippen molar-refractivity contribution in [3.05, 3.63) is 42.4 Å². The maximum Gasteiger partial charge on any atom is 0.257 e. The van der Waals surface area contributed by atoms with Gasteiger partial charge in [-0.15, -0.1) is 5.10 Å². The molecule has 0 spiro atoms. The Hall–Kier alpha value is -3.82. The maximum absolute atomic E-state index is 12.7. The van der Waals surface area contributed by atoms with Gasteiger partial charge < -0.3 is 18.8 Å². The van der Waals surface area contributed by atoms with E-state index in [0.29, 0.717) is 54.4 Å². The number of carbonyl (C=O) groups excluding carboxylic acids is 2. The molecule has 0 atom stereocenters. The highest BCUT2D eigenvalue weighted by atomic mass is 16.5. The fourth-order valence-electron chi connectivity index (χ4n) is 3.56. The highest BCUT2D eigenvalue weighted by Crippen LogP contribution is 2.31. The molecule has 0 saturated carbocycles. The number of aromatic nitrogens is 3. The third kappa shape index (κ3) is 4.37. The lowest BCUT2D eigenvalue weighted by atomic mass is 9.95. The van der Waals surface area contributed by atoms with E-state index < -0.39 is 0 Å². The van der Waals surface area contributed by atoms with Crippen molar-refractivity contribution in [1.29, 1.82) is 0 Å². The number of H-pyrrole nitrogens is 1. The van der Waals surface area contributed by atoms with Crippen LogP contribution in [0.1, 0.15) is 23.2 Å². The first-order valence-corrected chi connectivity index (χ1v) is 9.86. The topological polar surface area (TPSA) is 123 Å². The van der Waals surface area contributed by atoms with Crippen LogP contribution in [0.2, 0.25) is 0 Å². The van der Waals surface area contributed by atoms with Crippen molar-refractivity contribution in [2.45, 2.75) is 12.8 Å². The predicted octanol–water partition coefficient (Wildman–Crippen LogP) is 2.57. The molecular formula is C21H23N5O5. The molecule has 2 aromatic heterocycles. The van der Waals surface area contributed by atoms with Gasteiger partial charge in [0.25, 0.3) is 5.91 Å². The zero-order chi connectivity index (χ0) is 21.8. The predicted molar refractivity (Wildman–Crippen MR) is 111 cm³/mol. The van der Waals surface area contributed by atoms with Crippen molar-refractivity contribution in [1.82, 2.24) is 20.1 Å². The van der Waals surface area contributed by atoms with Gasteiger partial charge in [-0.2, -0.15) is 4.98 Å². The number of anilines is 1. The summed E-state index contributed by atoms with van der Waals surface area (Å²) < 4.78 is 15.6. The number of carbonyl (C=O) groups is 2. The third-order valence-electron chi connectivity index (χ3n) is 5.31. The van der Waals surface area contributed by atoms with Gasteiger partial charge >= 0.3 is 0 Å². The molecule has 3 heterocycles. The summed E-state index contributed by atoms with van der Waals surface area (Å²) in [7, 11) is 3.13. The lowest BCUT2D eigenvalue weighted by Crippen LogP contribution is -2.41. The Balaban J connectivity index is 1.36. The number of nitrogens with one attached hydrogen (secondary N) is 2. The van der Waals surface area contributed by atoms with Crippen LogP contribution in [0.25, 0.3) is 11.4 Å². The number of methoxy groups -OCH3 is 2. The Bertz CT molecular complexity index is 1050. The quantitative estimate of drug-likeness (QED) is 0.622.